The van der Waals surface area contributed by atoms with Gasteiger partial charge in [-0.25, -0.2) is 0 Å². The third-order valence-corrected chi connectivity index (χ3v) is 3.31. The smallest absolute Gasteiger partial charge is 0.161 e. The number of benzene rings is 1. The number of alkyl halides is 1. The normalized spacial score (nSPS) is 14.8. The summed E-state index contributed by atoms with van der Waals surface area (Å²) in [5.41, 5.74) is 0. The molecule has 3 nitrogen and oxygen atoms in total. The molecule has 0 atom stereocenters. The minimum absolute atomic E-state index is 0.674. The standard InChI is InChI=1S/C14H20ClNO2/c1-17-13-4-2-3-5-14(13)18-11-10-16(9-8-15)12-6-7-12/h2-5,12H,6-11H2,1H3. The van der Waals surface area contributed by atoms with Crippen molar-refractivity contribution < 1.29 is 9.47 Å². The van der Waals surface area contributed by atoms with E-state index in [1.54, 1.807) is 7.11 Å². The first-order chi connectivity index (χ1) is 8.85. The molecule has 1 aromatic carbocycles. The molecule has 1 fully saturated rings. The zero-order chi connectivity index (χ0) is 12.8. The maximum absolute atomic E-state index is 5.81. The molecule has 2 rings (SSSR count). The molecule has 1 saturated carbocycles. The zero-order valence-electron chi connectivity index (χ0n) is 10.8. The van der Waals surface area contributed by atoms with E-state index in [1.807, 2.05) is 24.3 Å². The molecule has 0 aromatic heterocycles. The van der Waals surface area contributed by atoms with Crippen molar-refractivity contribution in [2.75, 3.05) is 32.7 Å². The average molecular weight is 270 g/mol. The zero-order valence-corrected chi connectivity index (χ0v) is 11.5. The Kier molecular flexibility index (Phi) is 5.14. The van der Waals surface area contributed by atoms with Crippen molar-refractivity contribution in [3.05, 3.63) is 24.3 Å². The molecule has 0 N–H and O–H groups in total. The molecule has 1 aromatic rings. The van der Waals surface area contributed by atoms with Crippen molar-refractivity contribution in [2.45, 2.75) is 18.9 Å². The molecule has 1 aliphatic carbocycles. The number of para-hydroxylation sites is 2. The Morgan fingerprint density at radius 2 is 1.94 bits per heavy atom. The summed E-state index contributed by atoms with van der Waals surface area (Å²) in [6.07, 6.45) is 2.59. The topological polar surface area (TPSA) is 21.7 Å². The van der Waals surface area contributed by atoms with E-state index >= 15 is 0 Å². The lowest BCUT2D eigenvalue weighted by atomic mass is 10.3. The largest absolute Gasteiger partial charge is 0.493 e. The first kappa shape index (κ1) is 13.5. The van der Waals surface area contributed by atoms with E-state index < -0.39 is 0 Å². The summed E-state index contributed by atoms with van der Waals surface area (Å²) in [7, 11) is 1.66. The van der Waals surface area contributed by atoms with Crippen LogP contribution >= 0.6 is 11.6 Å². The summed E-state index contributed by atoms with van der Waals surface area (Å²) in [5.74, 6) is 2.28. The summed E-state index contributed by atoms with van der Waals surface area (Å²) < 4.78 is 11.0. The third kappa shape index (κ3) is 3.79. The monoisotopic (exact) mass is 269 g/mol. The van der Waals surface area contributed by atoms with Gasteiger partial charge in [0.2, 0.25) is 0 Å². The number of rotatable bonds is 8. The predicted molar refractivity (Wildman–Crippen MR) is 73.8 cm³/mol. The molecule has 0 saturated heterocycles. The molecule has 0 radical (unpaired) electrons. The second-order valence-corrected chi connectivity index (χ2v) is 4.83. The molecule has 0 unspecified atom stereocenters. The first-order valence-electron chi connectivity index (χ1n) is 6.41. The molecule has 1 aliphatic rings. The van der Waals surface area contributed by atoms with Gasteiger partial charge < -0.3 is 9.47 Å². The van der Waals surface area contributed by atoms with Crippen LogP contribution in [0.5, 0.6) is 11.5 Å². The Morgan fingerprint density at radius 3 is 2.56 bits per heavy atom. The lowest BCUT2D eigenvalue weighted by Crippen LogP contribution is -2.32. The molecule has 0 heterocycles. The van der Waals surface area contributed by atoms with Crippen molar-refractivity contribution in [1.82, 2.24) is 4.90 Å². The van der Waals surface area contributed by atoms with Crippen LogP contribution in [-0.2, 0) is 0 Å². The minimum Gasteiger partial charge on any atom is -0.493 e. The van der Waals surface area contributed by atoms with Gasteiger partial charge in [-0.3, -0.25) is 4.90 Å². The minimum atomic E-state index is 0.674. The maximum atomic E-state index is 5.81. The Balaban J connectivity index is 1.79. The van der Waals surface area contributed by atoms with Crippen molar-refractivity contribution >= 4 is 11.6 Å². The molecular weight excluding hydrogens is 250 g/mol. The average Bonchev–Trinajstić information content (AvgIpc) is 3.22. The molecule has 0 amide bonds. The number of ether oxygens (including phenoxy) is 2. The van der Waals surface area contributed by atoms with Crippen LogP contribution in [0.4, 0.5) is 0 Å². The molecule has 18 heavy (non-hydrogen) atoms. The molecular formula is C14H20ClNO2. The molecule has 0 aliphatic heterocycles. The molecule has 4 heteroatoms. The van der Waals surface area contributed by atoms with Gasteiger partial charge in [0, 0.05) is 25.0 Å². The number of nitrogens with zero attached hydrogens (tertiary/aromatic N) is 1. The van der Waals surface area contributed by atoms with Crippen LogP contribution in [0.3, 0.4) is 0 Å². The highest BCUT2D eigenvalue weighted by molar-refractivity contribution is 6.18. The van der Waals surface area contributed by atoms with Gasteiger partial charge in [-0.1, -0.05) is 12.1 Å². The van der Waals surface area contributed by atoms with E-state index in [2.05, 4.69) is 4.90 Å². The summed E-state index contributed by atoms with van der Waals surface area (Å²) in [4.78, 5) is 2.41. The fraction of sp³-hybridized carbons (Fsp3) is 0.571. The number of methoxy groups -OCH3 is 1. The lowest BCUT2D eigenvalue weighted by molar-refractivity contribution is 0.205. The SMILES string of the molecule is COc1ccccc1OCCN(CCCl)C1CC1. The van der Waals surface area contributed by atoms with Crippen molar-refractivity contribution in [1.29, 1.82) is 0 Å². The highest BCUT2D eigenvalue weighted by Gasteiger charge is 2.28. The van der Waals surface area contributed by atoms with Gasteiger partial charge in [-0.05, 0) is 25.0 Å². The fourth-order valence-electron chi connectivity index (χ4n) is 2.04. The van der Waals surface area contributed by atoms with Gasteiger partial charge in [0.25, 0.3) is 0 Å². The van der Waals surface area contributed by atoms with Crippen LogP contribution in [0.1, 0.15) is 12.8 Å². The van der Waals surface area contributed by atoms with Crippen LogP contribution in [0.15, 0.2) is 24.3 Å². The second kappa shape index (κ2) is 6.86. The van der Waals surface area contributed by atoms with E-state index in [-0.39, 0.29) is 0 Å². The van der Waals surface area contributed by atoms with Gasteiger partial charge >= 0.3 is 0 Å². The maximum Gasteiger partial charge on any atom is 0.161 e. The summed E-state index contributed by atoms with van der Waals surface area (Å²) in [6, 6.07) is 8.46. The van der Waals surface area contributed by atoms with Gasteiger partial charge in [0.15, 0.2) is 11.5 Å². The van der Waals surface area contributed by atoms with Crippen molar-refractivity contribution in [3.8, 4) is 11.5 Å². The van der Waals surface area contributed by atoms with Gasteiger partial charge in [0.05, 0.1) is 7.11 Å². The van der Waals surface area contributed by atoms with Gasteiger partial charge in [-0.15, -0.1) is 11.6 Å². The summed E-state index contributed by atoms with van der Waals surface area (Å²) in [5, 5.41) is 0. The van der Waals surface area contributed by atoms with E-state index in [1.165, 1.54) is 12.8 Å². The Hall–Kier alpha value is -0.930. The van der Waals surface area contributed by atoms with Crippen LogP contribution < -0.4 is 9.47 Å². The number of hydrogen-bond acceptors (Lipinski definition) is 3. The Bertz CT molecular complexity index is 369. The predicted octanol–water partition coefficient (Wildman–Crippen LogP) is 2.78. The highest BCUT2D eigenvalue weighted by atomic mass is 35.5. The Morgan fingerprint density at radius 1 is 1.22 bits per heavy atom. The van der Waals surface area contributed by atoms with Crippen LogP contribution in [-0.4, -0.2) is 43.6 Å². The van der Waals surface area contributed by atoms with Crippen LogP contribution in [0.2, 0.25) is 0 Å². The van der Waals surface area contributed by atoms with Gasteiger partial charge in [-0.2, -0.15) is 0 Å². The molecule has 0 spiro atoms. The van der Waals surface area contributed by atoms with Crippen LogP contribution in [0.25, 0.3) is 0 Å². The van der Waals surface area contributed by atoms with Crippen molar-refractivity contribution in [3.63, 3.8) is 0 Å². The quantitative estimate of drug-likeness (QED) is 0.678. The van der Waals surface area contributed by atoms with E-state index in [4.69, 9.17) is 21.1 Å². The summed E-state index contributed by atoms with van der Waals surface area (Å²) >= 11 is 5.81. The lowest BCUT2D eigenvalue weighted by Gasteiger charge is -2.21. The second-order valence-electron chi connectivity index (χ2n) is 4.46. The first-order valence-corrected chi connectivity index (χ1v) is 6.94. The fourth-order valence-corrected chi connectivity index (χ4v) is 2.25. The molecule has 100 valence electrons. The van der Waals surface area contributed by atoms with E-state index in [9.17, 15) is 0 Å². The molecule has 0 bridgehead atoms. The van der Waals surface area contributed by atoms with Crippen LogP contribution in [0, 0.1) is 0 Å². The van der Waals surface area contributed by atoms with Gasteiger partial charge in [0.1, 0.15) is 6.61 Å². The van der Waals surface area contributed by atoms with Crippen molar-refractivity contribution in [2.24, 2.45) is 0 Å². The Labute approximate surface area is 114 Å². The number of halogens is 1. The van der Waals surface area contributed by atoms with E-state index in [0.717, 1.165) is 30.6 Å². The third-order valence-electron chi connectivity index (χ3n) is 3.14. The number of hydrogen-bond donors (Lipinski definition) is 0. The highest BCUT2D eigenvalue weighted by Crippen LogP contribution is 2.28. The summed E-state index contributed by atoms with van der Waals surface area (Å²) in [6.45, 7) is 2.55. The van der Waals surface area contributed by atoms with E-state index in [0.29, 0.717) is 12.5 Å².